The zero-order chi connectivity index (χ0) is 22.8. The van der Waals surface area contributed by atoms with Crippen molar-refractivity contribution in [1.82, 2.24) is 15.0 Å². The van der Waals surface area contributed by atoms with E-state index in [4.69, 9.17) is 16.6 Å². The van der Waals surface area contributed by atoms with Crippen LogP contribution in [0.2, 0.25) is 5.02 Å². The van der Waals surface area contributed by atoms with Crippen LogP contribution in [0.15, 0.2) is 60.9 Å². The SMILES string of the molecule is Fc1ccc(F)c([C@H]2CCCN2c2ccc3ncnc(NCCc4ccc(Cl)cc4)c3n2)c1. The third kappa shape index (κ3) is 4.59. The lowest BCUT2D eigenvalue weighted by atomic mass is 10.0. The lowest BCUT2D eigenvalue weighted by molar-refractivity contribution is 0.560. The fourth-order valence-corrected chi connectivity index (χ4v) is 4.46. The van der Waals surface area contributed by atoms with Gasteiger partial charge in [-0.05, 0) is 67.3 Å². The number of hydrogen-bond acceptors (Lipinski definition) is 5. The molecule has 5 rings (SSSR count). The zero-order valence-corrected chi connectivity index (χ0v) is 18.6. The monoisotopic (exact) mass is 465 g/mol. The Bertz CT molecular complexity index is 1280. The van der Waals surface area contributed by atoms with Crippen molar-refractivity contribution in [2.24, 2.45) is 0 Å². The molecule has 1 saturated heterocycles. The quantitative estimate of drug-likeness (QED) is 0.381. The summed E-state index contributed by atoms with van der Waals surface area (Å²) in [5, 5.41) is 4.06. The number of hydrogen-bond donors (Lipinski definition) is 1. The normalized spacial score (nSPS) is 15.8. The Kier molecular flexibility index (Phi) is 6.05. The molecule has 1 N–H and O–H groups in total. The molecule has 0 saturated carbocycles. The first kappa shape index (κ1) is 21.5. The fourth-order valence-electron chi connectivity index (χ4n) is 4.33. The first-order valence-corrected chi connectivity index (χ1v) is 11.3. The van der Waals surface area contributed by atoms with Gasteiger partial charge in [0.05, 0.1) is 11.6 Å². The summed E-state index contributed by atoms with van der Waals surface area (Å²) in [7, 11) is 0. The highest BCUT2D eigenvalue weighted by Crippen LogP contribution is 2.37. The van der Waals surface area contributed by atoms with E-state index in [0.29, 0.717) is 40.8 Å². The Balaban J connectivity index is 1.40. The molecule has 2 aromatic carbocycles. The van der Waals surface area contributed by atoms with E-state index in [9.17, 15) is 8.78 Å². The zero-order valence-electron chi connectivity index (χ0n) is 17.8. The molecule has 0 unspecified atom stereocenters. The van der Waals surface area contributed by atoms with Gasteiger partial charge in [-0.15, -0.1) is 0 Å². The van der Waals surface area contributed by atoms with Crippen molar-refractivity contribution in [3.8, 4) is 0 Å². The van der Waals surface area contributed by atoms with Gasteiger partial charge in [-0.3, -0.25) is 0 Å². The van der Waals surface area contributed by atoms with E-state index >= 15 is 0 Å². The molecule has 0 spiro atoms. The Labute approximate surface area is 195 Å². The molecule has 5 nitrogen and oxygen atoms in total. The maximum atomic E-state index is 14.5. The number of anilines is 2. The molecule has 1 aliphatic heterocycles. The van der Waals surface area contributed by atoms with Crippen molar-refractivity contribution in [3.05, 3.63) is 88.7 Å². The summed E-state index contributed by atoms with van der Waals surface area (Å²) < 4.78 is 28.3. The smallest absolute Gasteiger partial charge is 0.156 e. The van der Waals surface area contributed by atoms with Crippen LogP contribution in [0.5, 0.6) is 0 Å². The second kappa shape index (κ2) is 9.27. The van der Waals surface area contributed by atoms with Crippen LogP contribution in [-0.2, 0) is 6.42 Å². The number of nitrogens with one attached hydrogen (secondary N) is 1. The Morgan fingerprint density at radius 1 is 1.03 bits per heavy atom. The highest BCUT2D eigenvalue weighted by Gasteiger charge is 2.30. The van der Waals surface area contributed by atoms with Crippen LogP contribution in [0.25, 0.3) is 11.0 Å². The van der Waals surface area contributed by atoms with E-state index in [-0.39, 0.29) is 6.04 Å². The Morgan fingerprint density at radius 3 is 2.73 bits per heavy atom. The van der Waals surface area contributed by atoms with Crippen molar-refractivity contribution in [2.45, 2.75) is 25.3 Å². The number of halogens is 3. The van der Waals surface area contributed by atoms with Gasteiger partial charge in [0.15, 0.2) is 5.82 Å². The van der Waals surface area contributed by atoms with E-state index in [1.807, 2.05) is 41.3 Å². The third-order valence-corrected chi connectivity index (χ3v) is 6.20. The third-order valence-electron chi connectivity index (χ3n) is 5.95. The molecular weight excluding hydrogens is 444 g/mol. The summed E-state index contributed by atoms with van der Waals surface area (Å²) in [5.41, 5.74) is 2.89. The van der Waals surface area contributed by atoms with Crippen molar-refractivity contribution in [1.29, 1.82) is 0 Å². The summed E-state index contributed by atoms with van der Waals surface area (Å²) >= 11 is 5.96. The van der Waals surface area contributed by atoms with Gasteiger partial charge in [-0.25, -0.2) is 23.7 Å². The molecule has 0 amide bonds. The standard InChI is InChI=1S/C25H22ClF2N5/c26-17-5-3-16(4-6-17)11-12-29-25-24-21(30-15-31-25)9-10-23(32-24)33-13-1-2-22(33)19-14-18(27)7-8-20(19)28/h3-10,14-15,22H,1-2,11-13H2,(H,29,30,31)/t22-/m1/s1. The van der Waals surface area contributed by atoms with E-state index < -0.39 is 11.6 Å². The van der Waals surface area contributed by atoms with Crippen LogP contribution in [0.1, 0.15) is 30.0 Å². The van der Waals surface area contributed by atoms with Crippen molar-refractivity contribution in [2.75, 3.05) is 23.3 Å². The molecule has 33 heavy (non-hydrogen) atoms. The van der Waals surface area contributed by atoms with Gasteiger partial charge in [0.1, 0.15) is 29.3 Å². The Hall–Kier alpha value is -3.32. The van der Waals surface area contributed by atoms with Gasteiger partial charge in [0.2, 0.25) is 0 Å². The van der Waals surface area contributed by atoms with Crippen LogP contribution >= 0.6 is 11.6 Å². The molecule has 0 aliphatic carbocycles. The maximum absolute atomic E-state index is 14.5. The minimum Gasteiger partial charge on any atom is -0.368 e. The van der Waals surface area contributed by atoms with Crippen molar-refractivity contribution in [3.63, 3.8) is 0 Å². The van der Waals surface area contributed by atoms with Crippen molar-refractivity contribution < 1.29 is 8.78 Å². The van der Waals surface area contributed by atoms with Crippen LogP contribution in [0.3, 0.4) is 0 Å². The van der Waals surface area contributed by atoms with Crippen molar-refractivity contribution >= 4 is 34.3 Å². The summed E-state index contributed by atoms with van der Waals surface area (Å²) in [4.78, 5) is 15.6. The van der Waals surface area contributed by atoms with Gasteiger partial charge in [0, 0.05) is 23.7 Å². The molecule has 1 atom stereocenters. The predicted octanol–water partition coefficient (Wildman–Crippen LogP) is 5.95. The van der Waals surface area contributed by atoms with Gasteiger partial charge in [-0.1, -0.05) is 23.7 Å². The number of rotatable bonds is 6. The van der Waals surface area contributed by atoms with E-state index in [0.717, 1.165) is 36.4 Å². The first-order chi connectivity index (χ1) is 16.1. The highest BCUT2D eigenvalue weighted by atomic mass is 35.5. The Morgan fingerprint density at radius 2 is 1.88 bits per heavy atom. The lowest BCUT2D eigenvalue weighted by Crippen LogP contribution is -2.24. The molecule has 0 radical (unpaired) electrons. The average Bonchev–Trinajstić information content (AvgIpc) is 3.31. The van der Waals surface area contributed by atoms with Gasteiger partial charge < -0.3 is 10.2 Å². The summed E-state index contributed by atoms with van der Waals surface area (Å²) in [6.07, 6.45) is 3.92. The number of fused-ring (bicyclic) bond motifs is 1. The molecule has 168 valence electrons. The van der Waals surface area contributed by atoms with Crippen LogP contribution in [0, 0.1) is 11.6 Å². The molecular formula is C25H22ClF2N5. The van der Waals surface area contributed by atoms with Crippen LogP contribution in [0.4, 0.5) is 20.4 Å². The summed E-state index contributed by atoms with van der Waals surface area (Å²) in [5.74, 6) is 0.500. The number of nitrogens with zero attached hydrogens (tertiary/aromatic N) is 4. The average molecular weight is 466 g/mol. The second-order valence-corrected chi connectivity index (χ2v) is 8.52. The predicted molar refractivity (Wildman–Crippen MR) is 127 cm³/mol. The lowest BCUT2D eigenvalue weighted by Gasteiger charge is -2.26. The fraction of sp³-hybridized carbons (Fsp3) is 0.240. The first-order valence-electron chi connectivity index (χ1n) is 10.9. The number of pyridine rings is 1. The second-order valence-electron chi connectivity index (χ2n) is 8.08. The molecule has 0 bridgehead atoms. The summed E-state index contributed by atoms with van der Waals surface area (Å²) in [6, 6.07) is 14.9. The minimum absolute atomic E-state index is 0.267. The van der Waals surface area contributed by atoms with E-state index in [2.05, 4.69) is 15.3 Å². The van der Waals surface area contributed by atoms with Crippen LogP contribution in [-0.4, -0.2) is 28.0 Å². The maximum Gasteiger partial charge on any atom is 0.156 e. The molecule has 1 fully saturated rings. The number of benzene rings is 2. The van der Waals surface area contributed by atoms with Crippen LogP contribution < -0.4 is 10.2 Å². The largest absolute Gasteiger partial charge is 0.368 e. The van der Waals surface area contributed by atoms with E-state index in [1.54, 1.807) is 0 Å². The topological polar surface area (TPSA) is 53.9 Å². The summed E-state index contributed by atoms with van der Waals surface area (Å²) in [6.45, 7) is 1.38. The molecule has 3 heterocycles. The highest BCUT2D eigenvalue weighted by molar-refractivity contribution is 6.30. The van der Waals surface area contributed by atoms with Gasteiger partial charge in [-0.2, -0.15) is 0 Å². The van der Waals surface area contributed by atoms with Gasteiger partial charge >= 0.3 is 0 Å². The number of aromatic nitrogens is 3. The molecule has 4 aromatic rings. The van der Waals surface area contributed by atoms with Gasteiger partial charge in [0.25, 0.3) is 0 Å². The molecule has 2 aromatic heterocycles. The minimum atomic E-state index is -0.440. The van der Waals surface area contributed by atoms with E-state index in [1.165, 1.54) is 18.5 Å². The molecule has 1 aliphatic rings. The molecule has 8 heteroatoms.